The van der Waals surface area contributed by atoms with Crippen LogP contribution in [-0.2, 0) is 6.54 Å². The van der Waals surface area contributed by atoms with E-state index in [2.05, 4.69) is 22.1 Å². The Kier molecular flexibility index (Phi) is 3.97. The van der Waals surface area contributed by atoms with Gasteiger partial charge in [0.2, 0.25) is 0 Å². The van der Waals surface area contributed by atoms with Crippen molar-refractivity contribution < 1.29 is 0 Å². The summed E-state index contributed by atoms with van der Waals surface area (Å²) in [6.45, 7) is 5.07. The number of fused-ring (bicyclic) bond motifs is 1. The third-order valence-corrected chi connectivity index (χ3v) is 4.53. The summed E-state index contributed by atoms with van der Waals surface area (Å²) >= 11 is 0. The first kappa shape index (κ1) is 12.9. The Morgan fingerprint density at radius 3 is 3.05 bits per heavy atom. The van der Waals surface area contributed by atoms with Gasteiger partial charge in [0.25, 0.3) is 0 Å². The molecule has 1 saturated carbocycles. The SMILES string of the molecule is CCNCc1cncc(N2CCC3CCCCC32)n1. The van der Waals surface area contributed by atoms with Crippen LogP contribution < -0.4 is 10.2 Å². The Balaban J connectivity index is 1.74. The van der Waals surface area contributed by atoms with Gasteiger partial charge < -0.3 is 10.2 Å². The average molecular weight is 260 g/mol. The van der Waals surface area contributed by atoms with Crippen molar-refractivity contribution in [2.75, 3.05) is 18.0 Å². The van der Waals surface area contributed by atoms with Crippen LogP contribution in [0.15, 0.2) is 12.4 Å². The molecule has 1 saturated heterocycles. The molecule has 4 heteroatoms. The molecule has 0 spiro atoms. The first-order valence-electron chi connectivity index (χ1n) is 7.66. The van der Waals surface area contributed by atoms with Crippen LogP contribution >= 0.6 is 0 Å². The zero-order valence-corrected chi connectivity index (χ0v) is 11.8. The first-order valence-corrected chi connectivity index (χ1v) is 7.66. The number of hydrogen-bond acceptors (Lipinski definition) is 4. The van der Waals surface area contributed by atoms with E-state index in [0.29, 0.717) is 0 Å². The maximum absolute atomic E-state index is 4.78. The zero-order valence-electron chi connectivity index (χ0n) is 11.8. The van der Waals surface area contributed by atoms with E-state index in [1.807, 2.05) is 12.4 Å². The highest BCUT2D eigenvalue weighted by molar-refractivity contribution is 5.40. The second-order valence-electron chi connectivity index (χ2n) is 5.74. The molecule has 0 radical (unpaired) electrons. The third kappa shape index (κ3) is 2.73. The quantitative estimate of drug-likeness (QED) is 0.902. The summed E-state index contributed by atoms with van der Waals surface area (Å²) in [5.41, 5.74) is 1.05. The highest BCUT2D eigenvalue weighted by atomic mass is 15.2. The van der Waals surface area contributed by atoms with E-state index >= 15 is 0 Å². The van der Waals surface area contributed by atoms with E-state index < -0.39 is 0 Å². The number of anilines is 1. The minimum absolute atomic E-state index is 0.720. The molecule has 19 heavy (non-hydrogen) atoms. The maximum atomic E-state index is 4.78. The lowest BCUT2D eigenvalue weighted by Crippen LogP contribution is -2.35. The molecule has 2 atom stereocenters. The summed E-state index contributed by atoms with van der Waals surface area (Å²) in [5, 5.41) is 3.32. The Morgan fingerprint density at radius 1 is 1.26 bits per heavy atom. The van der Waals surface area contributed by atoms with E-state index in [1.54, 1.807) is 0 Å². The fraction of sp³-hybridized carbons (Fsp3) is 0.733. The summed E-state index contributed by atoms with van der Waals surface area (Å²) in [6, 6.07) is 0.720. The van der Waals surface area contributed by atoms with Crippen molar-refractivity contribution in [3.05, 3.63) is 18.1 Å². The number of rotatable bonds is 4. The van der Waals surface area contributed by atoms with Gasteiger partial charge in [-0.2, -0.15) is 0 Å². The van der Waals surface area contributed by atoms with Crippen molar-refractivity contribution in [1.29, 1.82) is 0 Å². The van der Waals surface area contributed by atoms with Gasteiger partial charge in [-0.3, -0.25) is 4.98 Å². The van der Waals surface area contributed by atoms with Crippen molar-refractivity contribution in [1.82, 2.24) is 15.3 Å². The fourth-order valence-corrected chi connectivity index (χ4v) is 3.56. The molecule has 4 nitrogen and oxygen atoms in total. The van der Waals surface area contributed by atoms with Gasteiger partial charge in [0.15, 0.2) is 0 Å². The molecular weight excluding hydrogens is 236 g/mol. The standard InChI is InChI=1S/C15H24N4/c1-2-16-9-13-10-17-11-15(18-13)19-8-7-12-5-3-4-6-14(12)19/h10-12,14,16H,2-9H2,1H3. The topological polar surface area (TPSA) is 41.1 Å². The number of aromatic nitrogens is 2. The largest absolute Gasteiger partial charge is 0.352 e. The number of nitrogens with zero attached hydrogens (tertiary/aromatic N) is 3. The first-order chi connectivity index (χ1) is 9.38. The Bertz CT molecular complexity index is 420. The molecule has 1 aliphatic heterocycles. The van der Waals surface area contributed by atoms with Crippen molar-refractivity contribution in [3.8, 4) is 0 Å². The molecule has 1 aromatic rings. The van der Waals surface area contributed by atoms with Gasteiger partial charge in [0, 0.05) is 25.3 Å². The second-order valence-corrected chi connectivity index (χ2v) is 5.74. The third-order valence-electron chi connectivity index (χ3n) is 4.53. The molecule has 2 fully saturated rings. The summed E-state index contributed by atoms with van der Waals surface area (Å²) in [6.07, 6.45) is 10.7. The molecule has 0 amide bonds. The van der Waals surface area contributed by atoms with Crippen LogP contribution in [0.3, 0.4) is 0 Å². The molecule has 1 aromatic heterocycles. The summed E-state index contributed by atoms with van der Waals surface area (Å²) in [4.78, 5) is 11.7. The second kappa shape index (κ2) is 5.87. The fourth-order valence-electron chi connectivity index (χ4n) is 3.56. The number of hydrogen-bond donors (Lipinski definition) is 1. The molecule has 2 unspecified atom stereocenters. The minimum Gasteiger partial charge on any atom is -0.352 e. The number of nitrogens with one attached hydrogen (secondary N) is 1. The molecular formula is C15H24N4. The van der Waals surface area contributed by atoms with E-state index in [4.69, 9.17) is 4.98 Å². The predicted molar refractivity (Wildman–Crippen MR) is 77.1 cm³/mol. The molecule has 2 aliphatic rings. The van der Waals surface area contributed by atoms with Crippen molar-refractivity contribution in [2.24, 2.45) is 5.92 Å². The van der Waals surface area contributed by atoms with Crippen LogP contribution in [0.2, 0.25) is 0 Å². The Hall–Kier alpha value is -1.16. The van der Waals surface area contributed by atoms with E-state index in [1.165, 1.54) is 32.1 Å². The molecule has 1 N–H and O–H groups in total. The normalized spacial score (nSPS) is 26.5. The van der Waals surface area contributed by atoms with Crippen molar-refractivity contribution in [2.45, 2.75) is 51.6 Å². The van der Waals surface area contributed by atoms with Crippen LogP contribution in [0.5, 0.6) is 0 Å². The molecule has 104 valence electrons. The van der Waals surface area contributed by atoms with Gasteiger partial charge in [0.05, 0.1) is 11.9 Å². The zero-order chi connectivity index (χ0) is 13.1. The summed E-state index contributed by atoms with van der Waals surface area (Å²) < 4.78 is 0. The smallest absolute Gasteiger partial charge is 0.147 e. The monoisotopic (exact) mass is 260 g/mol. The Morgan fingerprint density at radius 2 is 2.16 bits per heavy atom. The predicted octanol–water partition coefficient (Wildman–Crippen LogP) is 2.36. The lowest BCUT2D eigenvalue weighted by atomic mass is 9.85. The highest BCUT2D eigenvalue weighted by Crippen LogP contribution is 2.37. The van der Waals surface area contributed by atoms with Crippen LogP contribution in [0.1, 0.15) is 44.7 Å². The summed E-state index contributed by atoms with van der Waals surface area (Å²) in [7, 11) is 0. The van der Waals surface area contributed by atoms with Gasteiger partial charge in [-0.1, -0.05) is 19.8 Å². The highest BCUT2D eigenvalue weighted by Gasteiger charge is 2.36. The van der Waals surface area contributed by atoms with E-state index in [9.17, 15) is 0 Å². The molecule has 1 aliphatic carbocycles. The van der Waals surface area contributed by atoms with Crippen molar-refractivity contribution in [3.63, 3.8) is 0 Å². The lowest BCUT2D eigenvalue weighted by Gasteiger charge is -2.32. The molecule has 0 aromatic carbocycles. The van der Waals surface area contributed by atoms with Gasteiger partial charge >= 0.3 is 0 Å². The van der Waals surface area contributed by atoms with Crippen LogP contribution in [0.25, 0.3) is 0 Å². The van der Waals surface area contributed by atoms with Crippen LogP contribution in [-0.4, -0.2) is 29.1 Å². The van der Waals surface area contributed by atoms with E-state index in [-0.39, 0.29) is 0 Å². The lowest BCUT2D eigenvalue weighted by molar-refractivity contribution is 0.341. The van der Waals surface area contributed by atoms with Crippen molar-refractivity contribution >= 4 is 5.82 Å². The molecule has 2 heterocycles. The summed E-state index contributed by atoms with van der Waals surface area (Å²) in [5.74, 6) is 1.98. The van der Waals surface area contributed by atoms with Gasteiger partial charge in [-0.15, -0.1) is 0 Å². The van der Waals surface area contributed by atoms with Gasteiger partial charge in [0.1, 0.15) is 5.82 Å². The Labute approximate surface area is 115 Å². The molecule has 3 rings (SSSR count). The van der Waals surface area contributed by atoms with Gasteiger partial charge in [-0.05, 0) is 31.7 Å². The minimum atomic E-state index is 0.720. The van der Waals surface area contributed by atoms with E-state index in [0.717, 1.165) is 43.1 Å². The van der Waals surface area contributed by atoms with Crippen LogP contribution in [0, 0.1) is 5.92 Å². The average Bonchev–Trinajstić information content (AvgIpc) is 2.89. The maximum Gasteiger partial charge on any atom is 0.147 e. The van der Waals surface area contributed by atoms with Gasteiger partial charge in [-0.25, -0.2) is 4.98 Å². The van der Waals surface area contributed by atoms with Crippen LogP contribution in [0.4, 0.5) is 5.82 Å². The molecule has 0 bridgehead atoms.